The number of nitrogens with one attached hydrogen (secondary N) is 2. The summed E-state index contributed by atoms with van der Waals surface area (Å²) in [5, 5.41) is 7.03. The third kappa shape index (κ3) is 5.09. The predicted octanol–water partition coefficient (Wildman–Crippen LogP) is 2.79. The van der Waals surface area contributed by atoms with Gasteiger partial charge in [-0.05, 0) is 60.9 Å². The summed E-state index contributed by atoms with van der Waals surface area (Å²) in [7, 11) is 1.85. The fraction of sp³-hybridized carbons (Fsp3) is 0.688. The summed E-state index contributed by atoms with van der Waals surface area (Å²) >= 11 is 4.24. The highest BCUT2D eigenvalue weighted by molar-refractivity contribution is 14.1. The largest absolute Gasteiger partial charge is 0.356 e. The standard InChI is InChI=1S/C16H27IN4S/c1-11(2)21-9-12(3)14(10-21)20-16(18-4)19-8-7-13-5-6-15(17)22-13/h5-6,11-12,14H,7-10H2,1-4H3,(H2,18,19,20). The molecule has 0 bridgehead atoms. The molecule has 0 radical (unpaired) electrons. The zero-order valence-corrected chi connectivity index (χ0v) is 16.9. The van der Waals surface area contributed by atoms with Crippen LogP contribution in [0.1, 0.15) is 25.6 Å². The molecule has 2 N–H and O–H groups in total. The highest BCUT2D eigenvalue weighted by Gasteiger charge is 2.31. The second kappa shape index (κ2) is 8.49. The molecule has 1 aromatic heterocycles. The minimum Gasteiger partial charge on any atom is -0.356 e. The molecule has 1 fully saturated rings. The molecule has 0 saturated carbocycles. The molecule has 0 aliphatic carbocycles. The fourth-order valence-corrected chi connectivity index (χ4v) is 4.53. The summed E-state index contributed by atoms with van der Waals surface area (Å²) in [6.45, 7) is 10.0. The van der Waals surface area contributed by atoms with Gasteiger partial charge in [-0.1, -0.05) is 6.92 Å². The van der Waals surface area contributed by atoms with E-state index in [2.05, 4.69) is 76.0 Å². The lowest BCUT2D eigenvalue weighted by atomic mass is 10.1. The Morgan fingerprint density at radius 2 is 2.23 bits per heavy atom. The molecule has 2 heterocycles. The van der Waals surface area contributed by atoms with Gasteiger partial charge in [0.2, 0.25) is 0 Å². The number of likely N-dealkylation sites (tertiary alicyclic amines) is 1. The van der Waals surface area contributed by atoms with E-state index in [0.717, 1.165) is 25.5 Å². The van der Waals surface area contributed by atoms with Crippen LogP contribution in [0.25, 0.3) is 0 Å². The number of halogens is 1. The monoisotopic (exact) mass is 434 g/mol. The molecule has 2 rings (SSSR count). The second-order valence-electron chi connectivity index (χ2n) is 6.23. The third-order valence-corrected chi connectivity index (χ3v) is 6.16. The number of aliphatic imine (C=N–C) groups is 1. The van der Waals surface area contributed by atoms with Crippen molar-refractivity contribution in [2.75, 3.05) is 26.7 Å². The van der Waals surface area contributed by atoms with Crippen molar-refractivity contribution < 1.29 is 0 Å². The topological polar surface area (TPSA) is 39.7 Å². The van der Waals surface area contributed by atoms with E-state index in [1.165, 1.54) is 14.3 Å². The lowest BCUT2D eigenvalue weighted by Gasteiger charge is -2.21. The number of nitrogens with zero attached hydrogens (tertiary/aromatic N) is 2. The molecule has 1 aliphatic rings. The summed E-state index contributed by atoms with van der Waals surface area (Å²) < 4.78 is 1.35. The van der Waals surface area contributed by atoms with Crippen molar-refractivity contribution in [3.05, 3.63) is 19.9 Å². The SMILES string of the molecule is CN=C(NCCc1ccc(I)s1)NC1CN(C(C)C)CC1C. The van der Waals surface area contributed by atoms with Crippen molar-refractivity contribution in [1.82, 2.24) is 15.5 Å². The van der Waals surface area contributed by atoms with Crippen LogP contribution in [-0.4, -0.2) is 49.6 Å². The molecule has 2 unspecified atom stereocenters. The Bertz CT molecular complexity index is 500. The molecule has 4 nitrogen and oxygen atoms in total. The van der Waals surface area contributed by atoms with Gasteiger partial charge < -0.3 is 10.6 Å². The van der Waals surface area contributed by atoms with E-state index in [0.29, 0.717) is 18.0 Å². The maximum Gasteiger partial charge on any atom is 0.191 e. The summed E-state index contributed by atoms with van der Waals surface area (Å²) in [5.74, 6) is 1.58. The van der Waals surface area contributed by atoms with Crippen LogP contribution in [-0.2, 0) is 6.42 Å². The van der Waals surface area contributed by atoms with Crippen molar-refractivity contribution in [2.24, 2.45) is 10.9 Å². The van der Waals surface area contributed by atoms with Gasteiger partial charge in [0.05, 0.1) is 2.88 Å². The lowest BCUT2D eigenvalue weighted by molar-refractivity contribution is 0.265. The Labute approximate surface area is 151 Å². The molecule has 2 atom stereocenters. The van der Waals surface area contributed by atoms with Crippen molar-refractivity contribution in [2.45, 2.75) is 39.3 Å². The highest BCUT2D eigenvalue weighted by Crippen LogP contribution is 2.19. The van der Waals surface area contributed by atoms with Crippen LogP contribution in [0.2, 0.25) is 0 Å². The van der Waals surface area contributed by atoms with Gasteiger partial charge in [-0.15, -0.1) is 11.3 Å². The van der Waals surface area contributed by atoms with Crippen molar-refractivity contribution in [1.29, 1.82) is 0 Å². The Kier molecular flexibility index (Phi) is 6.95. The van der Waals surface area contributed by atoms with Crippen LogP contribution in [0.5, 0.6) is 0 Å². The molecular weight excluding hydrogens is 407 g/mol. The van der Waals surface area contributed by atoms with Gasteiger partial charge in [0.25, 0.3) is 0 Å². The first kappa shape index (κ1) is 18.0. The van der Waals surface area contributed by atoms with Gasteiger partial charge in [0.1, 0.15) is 0 Å². The van der Waals surface area contributed by atoms with E-state index in [1.807, 2.05) is 18.4 Å². The highest BCUT2D eigenvalue weighted by atomic mass is 127. The van der Waals surface area contributed by atoms with Gasteiger partial charge in [-0.2, -0.15) is 0 Å². The maximum atomic E-state index is 4.37. The molecule has 1 saturated heterocycles. The summed E-state index contributed by atoms with van der Waals surface area (Å²) in [6, 6.07) is 5.49. The summed E-state index contributed by atoms with van der Waals surface area (Å²) in [4.78, 5) is 8.32. The van der Waals surface area contributed by atoms with Gasteiger partial charge >= 0.3 is 0 Å². The minimum absolute atomic E-state index is 0.483. The summed E-state index contributed by atoms with van der Waals surface area (Å²) in [6.07, 6.45) is 1.05. The zero-order chi connectivity index (χ0) is 16.1. The lowest BCUT2D eigenvalue weighted by Crippen LogP contribution is -2.47. The van der Waals surface area contributed by atoms with Gasteiger partial charge in [0.15, 0.2) is 5.96 Å². The molecule has 1 aromatic rings. The van der Waals surface area contributed by atoms with E-state index in [9.17, 15) is 0 Å². The number of hydrogen-bond donors (Lipinski definition) is 2. The first-order valence-electron chi connectivity index (χ1n) is 7.95. The van der Waals surface area contributed by atoms with E-state index < -0.39 is 0 Å². The van der Waals surface area contributed by atoms with Gasteiger partial charge in [-0.25, -0.2) is 0 Å². The number of thiophene rings is 1. The second-order valence-corrected chi connectivity index (χ2v) is 9.29. The van der Waals surface area contributed by atoms with Crippen molar-refractivity contribution in [3.63, 3.8) is 0 Å². The predicted molar refractivity (Wildman–Crippen MR) is 105 cm³/mol. The Morgan fingerprint density at radius 1 is 1.45 bits per heavy atom. The van der Waals surface area contributed by atoms with Crippen LogP contribution in [0, 0.1) is 8.80 Å². The van der Waals surface area contributed by atoms with Crippen LogP contribution in [0.4, 0.5) is 0 Å². The third-order valence-electron chi connectivity index (χ3n) is 4.21. The quantitative estimate of drug-likeness (QED) is 0.426. The Morgan fingerprint density at radius 3 is 2.77 bits per heavy atom. The smallest absolute Gasteiger partial charge is 0.191 e. The molecule has 0 amide bonds. The van der Waals surface area contributed by atoms with Crippen molar-refractivity contribution >= 4 is 39.9 Å². The molecule has 6 heteroatoms. The maximum absolute atomic E-state index is 4.37. The molecule has 0 spiro atoms. The number of hydrogen-bond acceptors (Lipinski definition) is 3. The van der Waals surface area contributed by atoms with E-state index in [4.69, 9.17) is 0 Å². The zero-order valence-electron chi connectivity index (χ0n) is 13.9. The first-order valence-corrected chi connectivity index (χ1v) is 9.84. The molecular formula is C16H27IN4S. The van der Waals surface area contributed by atoms with Gasteiger partial charge in [0, 0.05) is 43.6 Å². The van der Waals surface area contributed by atoms with Crippen molar-refractivity contribution in [3.8, 4) is 0 Å². The summed E-state index contributed by atoms with van der Waals surface area (Å²) in [5.41, 5.74) is 0. The van der Waals surface area contributed by atoms with E-state index in [1.54, 1.807) is 0 Å². The molecule has 22 heavy (non-hydrogen) atoms. The molecule has 124 valence electrons. The normalized spacial score (nSPS) is 23.3. The average Bonchev–Trinajstić information content (AvgIpc) is 3.04. The average molecular weight is 434 g/mol. The van der Waals surface area contributed by atoms with E-state index >= 15 is 0 Å². The van der Waals surface area contributed by atoms with Crippen LogP contribution in [0.3, 0.4) is 0 Å². The molecule has 1 aliphatic heterocycles. The van der Waals surface area contributed by atoms with Gasteiger partial charge in [-0.3, -0.25) is 9.89 Å². The van der Waals surface area contributed by atoms with E-state index in [-0.39, 0.29) is 0 Å². The van der Waals surface area contributed by atoms with Crippen LogP contribution >= 0.6 is 33.9 Å². The number of guanidine groups is 1. The Balaban J connectivity index is 1.77. The van der Waals surface area contributed by atoms with Crippen LogP contribution in [0.15, 0.2) is 17.1 Å². The Hall–Kier alpha value is -0.340. The fourth-order valence-electron chi connectivity index (χ4n) is 2.77. The minimum atomic E-state index is 0.483. The molecule has 0 aromatic carbocycles. The van der Waals surface area contributed by atoms with Crippen LogP contribution < -0.4 is 10.6 Å². The number of rotatable bonds is 5. The first-order chi connectivity index (χ1) is 10.5.